The molecule has 136 valence electrons. The number of nitriles is 1. The van der Waals surface area contributed by atoms with Gasteiger partial charge in [-0.2, -0.15) is 5.26 Å². The highest BCUT2D eigenvalue weighted by Crippen LogP contribution is 2.32. The van der Waals surface area contributed by atoms with Gasteiger partial charge in [0.25, 0.3) is 5.91 Å². The van der Waals surface area contributed by atoms with Crippen molar-refractivity contribution in [3.8, 4) is 17.6 Å². The summed E-state index contributed by atoms with van der Waals surface area (Å²) in [4.78, 5) is 24.1. The van der Waals surface area contributed by atoms with Gasteiger partial charge >= 0.3 is 5.97 Å². The first-order valence-electron chi connectivity index (χ1n) is 8.15. The van der Waals surface area contributed by atoms with Crippen LogP contribution in [0.25, 0.3) is 6.08 Å². The second-order valence-corrected chi connectivity index (χ2v) is 5.67. The van der Waals surface area contributed by atoms with Crippen molar-refractivity contribution < 1.29 is 23.8 Å². The van der Waals surface area contributed by atoms with Crippen LogP contribution in [0, 0.1) is 11.3 Å². The summed E-state index contributed by atoms with van der Waals surface area (Å²) in [6.45, 7) is 1.63. The van der Waals surface area contributed by atoms with Gasteiger partial charge in [-0.25, -0.2) is 4.79 Å². The molecule has 7 heteroatoms. The van der Waals surface area contributed by atoms with Gasteiger partial charge < -0.3 is 19.5 Å². The number of ether oxygens (including phenoxy) is 3. The van der Waals surface area contributed by atoms with Gasteiger partial charge in [0.2, 0.25) is 6.79 Å². The molecule has 2 aromatic rings. The van der Waals surface area contributed by atoms with Gasteiger partial charge in [-0.1, -0.05) is 18.2 Å². The van der Waals surface area contributed by atoms with E-state index in [-0.39, 0.29) is 6.79 Å². The highest BCUT2D eigenvalue weighted by atomic mass is 16.7. The maximum absolute atomic E-state index is 12.2. The molecule has 27 heavy (non-hydrogen) atoms. The van der Waals surface area contributed by atoms with Crippen LogP contribution in [0.3, 0.4) is 0 Å². The lowest BCUT2D eigenvalue weighted by Crippen LogP contribution is -2.29. The van der Waals surface area contributed by atoms with Gasteiger partial charge in [-0.3, -0.25) is 4.79 Å². The molecule has 1 N–H and O–H groups in total. The first-order chi connectivity index (χ1) is 13.1. The fraction of sp³-hybridized carbons (Fsp3) is 0.150. The summed E-state index contributed by atoms with van der Waals surface area (Å²) in [7, 11) is 0. The molecule has 7 nitrogen and oxygen atoms in total. The van der Waals surface area contributed by atoms with Crippen LogP contribution >= 0.6 is 0 Å². The number of hydrogen-bond acceptors (Lipinski definition) is 6. The molecule has 2 aromatic carbocycles. The fourth-order valence-electron chi connectivity index (χ4n) is 2.37. The fourth-order valence-corrected chi connectivity index (χ4v) is 2.37. The topological polar surface area (TPSA) is 97.7 Å². The number of carbonyl (C=O) groups excluding carboxylic acids is 2. The van der Waals surface area contributed by atoms with E-state index in [0.29, 0.717) is 22.7 Å². The SMILES string of the molecule is C[C@H](OC(=O)/C=C/c1ccc2c(c1)OCO2)C(=O)Nc1ccccc1C#N. The number of carbonyl (C=O) groups is 2. The van der Waals surface area contributed by atoms with Crippen molar-refractivity contribution >= 4 is 23.6 Å². The minimum atomic E-state index is -1.02. The van der Waals surface area contributed by atoms with Crippen LogP contribution in [0.5, 0.6) is 11.5 Å². The molecule has 0 aromatic heterocycles. The number of hydrogen-bond donors (Lipinski definition) is 1. The van der Waals surface area contributed by atoms with Crippen molar-refractivity contribution in [1.29, 1.82) is 5.26 Å². The van der Waals surface area contributed by atoms with Crippen LogP contribution in [-0.4, -0.2) is 24.8 Å². The number of anilines is 1. The molecule has 0 radical (unpaired) electrons. The standard InChI is InChI=1S/C20H16N2O5/c1-13(20(24)22-16-5-3-2-4-15(16)11-21)27-19(23)9-7-14-6-8-17-18(10-14)26-12-25-17/h2-10,13H,12H2,1H3,(H,22,24)/b9-7+/t13-/m0/s1. The lowest BCUT2D eigenvalue weighted by molar-refractivity contribution is -0.148. The Hall–Kier alpha value is -3.79. The van der Waals surface area contributed by atoms with Crippen molar-refractivity contribution in [1.82, 2.24) is 0 Å². The Kier molecular flexibility index (Phi) is 5.38. The summed E-state index contributed by atoms with van der Waals surface area (Å²) in [5.74, 6) is 0.0681. The van der Waals surface area contributed by atoms with Crippen molar-refractivity contribution in [3.05, 3.63) is 59.7 Å². The van der Waals surface area contributed by atoms with E-state index in [9.17, 15) is 9.59 Å². The number of benzene rings is 2. The van der Waals surface area contributed by atoms with Gasteiger partial charge in [0.05, 0.1) is 11.3 Å². The van der Waals surface area contributed by atoms with Crippen LogP contribution in [0.1, 0.15) is 18.1 Å². The maximum Gasteiger partial charge on any atom is 0.331 e. The van der Waals surface area contributed by atoms with Crippen LogP contribution in [-0.2, 0) is 14.3 Å². The molecular weight excluding hydrogens is 348 g/mol. The maximum atomic E-state index is 12.2. The summed E-state index contributed by atoms with van der Waals surface area (Å²) in [5.41, 5.74) is 1.42. The number of nitrogens with zero attached hydrogens (tertiary/aromatic N) is 1. The second kappa shape index (κ2) is 8.06. The van der Waals surface area contributed by atoms with E-state index in [4.69, 9.17) is 19.5 Å². The summed E-state index contributed by atoms with van der Waals surface area (Å²) < 4.78 is 15.6. The number of nitrogens with one attached hydrogen (secondary N) is 1. The average Bonchev–Trinajstić information content (AvgIpc) is 3.14. The number of para-hydroxylation sites is 1. The predicted octanol–water partition coefficient (Wildman–Crippen LogP) is 2.87. The van der Waals surface area contributed by atoms with E-state index in [0.717, 1.165) is 5.56 Å². The van der Waals surface area contributed by atoms with E-state index in [1.165, 1.54) is 13.0 Å². The molecule has 0 unspecified atom stereocenters. The predicted molar refractivity (Wildman–Crippen MR) is 96.9 cm³/mol. The van der Waals surface area contributed by atoms with Crippen LogP contribution in [0.4, 0.5) is 5.69 Å². The Morgan fingerprint density at radius 2 is 2.00 bits per heavy atom. The quantitative estimate of drug-likeness (QED) is 0.647. The third-order valence-corrected chi connectivity index (χ3v) is 3.78. The van der Waals surface area contributed by atoms with E-state index >= 15 is 0 Å². The largest absolute Gasteiger partial charge is 0.454 e. The van der Waals surface area contributed by atoms with Crippen LogP contribution < -0.4 is 14.8 Å². The Morgan fingerprint density at radius 1 is 1.22 bits per heavy atom. The highest BCUT2D eigenvalue weighted by Gasteiger charge is 2.18. The van der Waals surface area contributed by atoms with Gasteiger partial charge in [0.1, 0.15) is 6.07 Å². The molecule has 1 aliphatic heterocycles. The lowest BCUT2D eigenvalue weighted by Gasteiger charge is -2.13. The molecule has 1 atom stereocenters. The van der Waals surface area contributed by atoms with Crippen LogP contribution in [0.15, 0.2) is 48.5 Å². The van der Waals surface area contributed by atoms with Gasteiger partial charge in [-0.15, -0.1) is 0 Å². The van der Waals surface area contributed by atoms with E-state index < -0.39 is 18.0 Å². The molecule has 0 saturated carbocycles. The second-order valence-electron chi connectivity index (χ2n) is 5.67. The van der Waals surface area contributed by atoms with E-state index in [1.807, 2.05) is 6.07 Å². The molecule has 0 bridgehead atoms. The normalized spacial score (nSPS) is 13.0. The molecule has 1 aliphatic rings. The number of fused-ring (bicyclic) bond motifs is 1. The molecule has 1 heterocycles. The van der Waals surface area contributed by atoms with Crippen LogP contribution in [0.2, 0.25) is 0 Å². The Bertz CT molecular complexity index is 946. The van der Waals surface area contributed by atoms with Gasteiger partial charge in [0.15, 0.2) is 17.6 Å². The molecule has 0 fully saturated rings. The molecule has 3 rings (SSSR count). The van der Waals surface area contributed by atoms with Crippen molar-refractivity contribution in [2.45, 2.75) is 13.0 Å². The highest BCUT2D eigenvalue weighted by molar-refractivity contribution is 5.97. The summed E-state index contributed by atoms with van der Waals surface area (Å²) in [6, 6.07) is 13.8. The summed E-state index contributed by atoms with van der Waals surface area (Å²) >= 11 is 0. The Balaban J connectivity index is 1.57. The van der Waals surface area contributed by atoms with Gasteiger partial charge in [0, 0.05) is 6.08 Å². The minimum absolute atomic E-state index is 0.173. The zero-order valence-corrected chi connectivity index (χ0v) is 14.5. The third kappa shape index (κ3) is 4.44. The van der Waals surface area contributed by atoms with Crippen molar-refractivity contribution in [2.24, 2.45) is 0 Å². The number of amides is 1. The summed E-state index contributed by atoms with van der Waals surface area (Å²) in [5, 5.41) is 11.6. The number of rotatable bonds is 5. The smallest absolute Gasteiger partial charge is 0.331 e. The first-order valence-corrected chi connectivity index (χ1v) is 8.15. The lowest BCUT2D eigenvalue weighted by atomic mass is 10.2. The van der Waals surface area contributed by atoms with Crippen molar-refractivity contribution in [2.75, 3.05) is 12.1 Å². The zero-order chi connectivity index (χ0) is 19.2. The van der Waals surface area contributed by atoms with E-state index in [2.05, 4.69) is 5.32 Å². The number of esters is 1. The minimum Gasteiger partial charge on any atom is -0.454 e. The molecular formula is C20H16N2O5. The average molecular weight is 364 g/mol. The molecule has 0 aliphatic carbocycles. The van der Waals surface area contributed by atoms with Crippen molar-refractivity contribution in [3.63, 3.8) is 0 Å². The Labute approximate surface area is 155 Å². The van der Waals surface area contributed by atoms with Gasteiger partial charge in [-0.05, 0) is 42.8 Å². The summed E-state index contributed by atoms with van der Waals surface area (Å²) in [6.07, 6.45) is 1.76. The molecule has 0 spiro atoms. The zero-order valence-electron chi connectivity index (χ0n) is 14.5. The Morgan fingerprint density at radius 3 is 2.81 bits per heavy atom. The third-order valence-electron chi connectivity index (χ3n) is 3.78. The molecule has 0 saturated heterocycles. The van der Waals surface area contributed by atoms with E-state index in [1.54, 1.807) is 48.5 Å². The first kappa shape index (κ1) is 18.0. The monoisotopic (exact) mass is 364 g/mol. The molecule has 1 amide bonds.